The summed E-state index contributed by atoms with van der Waals surface area (Å²) in [5.74, 6) is -13.2. The van der Waals surface area contributed by atoms with Gasteiger partial charge >= 0.3 is 10.4 Å². The Bertz CT molecular complexity index is 3080. The number of aromatic hydroxyl groups is 1. The van der Waals surface area contributed by atoms with E-state index in [1.54, 1.807) is 24.3 Å². The van der Waals surface area contributed by atoms with Gasteiger partial charge in [-0.05, 0) is 66.1 Å². The Morgan fingerprint density at radius 3 is 2.01 bits per heavy atom. The molecule has 0 radical (unpaired) electrons. The van der Waals surface area contributed by atoms with Crippen LogP contribution in [0.15, 0.2) is 54.6 Å². The quantitative estimate of drug-likeness (QED) is 0.0371. The number of amides is 8. The third kappa shape index (κ3) is 18.1. The second-order valence-corrected chi connectivity index (χ2v) is 23.3. The van der Waals surface area contributed by atoms with Crippen molar-refractivity contribution < 1.29 is 106 Å². The van der Waals surface area contributed by atoms with Crippen molar-refractivity contribution in [3.63, 3.8) is 0 Å². The zero-order valence-electron chi connectivity index (χ0n) is 48.0. The highest BCUT2D eigenvalue weighted by atomic mass is 32.3. The highest BCUT2D eigenvalue weighted by Gasteiger charge is 2.51. The van der Waals surface area contributed by atoms with Crippen LogP contribution < -0.4 is 41.2 Å². The fraction of sp³-hybridized carbons (Fsp3) is 0.571. The number of unbranched alkanes of at least 4 members (excludes halogenated alkanes) is 7. The lowest BCUT2D eigenvalue weighted by atomic mass is 9.96. The minimum Gasteiger partial charge on any atom is -0.504 e. The van der Waals surface area contributed by atoms with Crippen molar-refractivity contribution >= 4 is 68.4 Å². The Morgan fingerprint density at radius 1 is 0.736 bits per heavy atom. The van der Waals surface area contributed by atoms with Gasteiger partial charge in [0, 0.05) is 37.4 Å². The van der Waals surface area contributed by atoms with Gasteiger partial charge in [-0.1, -0.05) is 77.0 Å². The number of nitrogens with zero attached hydrogens (tertiary/aromatic N) is 2. The number of nitrogens with two attached hydrogens (primary N) is 1. The van der Waals surface area contributed by atoms with E-state index in [4.69, 9.17) is 10.5 Å². The summed E-state index contributed by atoms with van der Waals surface area (Å²) in [6.45, 7) is 3.79. The van der Waals surface area contributed by atoms with Crippen molar-refractivity contribution in [3.05, 3.63) is 65.7 Å². The molecule has 30 nitrogen and oxygen atoms in total. The van der Waals surface area contributed by atoms with Crippen LogP contribution in [0.3, 0.4) is 0 Å². The van der Waals surface area contributed by atoms with E-state index in [-0.39, 0.29) is 5.56 Å². The zero-order chi connectivity index (χ0) is 64.2. The molecule has 3 aliphatic rings. The minimum absolute atomic E-state index is 0.0343. The summed E-state index contributed by atoms with van der Waals surface area (Å²) in [7, 11) is -5.35. The number of rotatable bonds is 21. The number of carbonyl (C=O) groups excluding carboxylic acids is 8. The number of ether oxygens (including phenoxy) is 1. The van der Waals surface area contributed by atoms with Crippen LogP contribution in [-0.2, 0) is 44.0 Å². The highest BCUT2D eigenvalue weighted by molar-refractivity contribution is 7.81. The number of hydrogen-bond acceptors (Lipinski definition) is 21. The van der Waals surface area contributed by atoms with E-state index in [1.165, 1.54) is 44.7 Å². The molecule has 3 saturated heterocycles. The van der Waals surface area contributed by atoms with Gasteiger partial charge in [0.15, 0.2) is 17.7 Å². The number of aliphatic hydroxyl groups is 8. The number of carbonyl (C=O) groups is 8. The fourth-order valence-corrected chi connectivity index (χ4v) is 11.0. The summed E-state index contributed by atoms with van der Waals surface area (Å²) in [4.78, 5) is 115. The topological polar surface area (TPSA) is 484 Å². The van der Waals surface area contributed by atoms with Crippen molar-refractivity contribution in [2.45, 2.75) is 177 Å². The van der Waals surface area contributed by atoms with E-state index in [0.29, 0.717) is 39.0 Å². The second-order valence-electron chi connectivity index (χ2n) is 22.2. The molecule has 3 aromatic rings. The van der Waals surface area contributed by atoms with Crippen LogP contribution in [-0.4, -0.2) is 215 Å². The predicted octanol–water partition coefficient (Wildman–Crippen LogP) is -3.12. The third-order valence-electron chi connectivity index (χ3n) is 15.4. The van der Waals surface area contributed by atoms with Crippen LogP contribution in [0.1, 0.15) is 113 Å². The molecular weight excluding hydrogens is 1170 g/mol. The number of fused-ring (bicyclic) bond motifs is 3. The molecule has 3 aliphatic heterocycles. The molecule has 0 bridgehead atoms. The van der Waals surface area contributed by atoms with Crippen LogP contribution in [0.25, 0.3) is 10.8 Å². The summed E-state index contributed by atoms with van der Waals surface area (Å²) < 4.78 is 42.7. The Kier molecular flexibility index (Phi) is 24.1. The molecule has 3 aromatic carbocycles. The van der Waals surface area contributed by atoms with Gasteiger partial charge in [0.05, 0.1) is 37.4 Å². The van der Waals surface area contributed by atoms with Gasteiger partial charge in [-0.3, -0.25) is 42.9 Å². The largest absolute Gasteiger partial charge is 0.504 e. The molecule has 17 N–H and O–H groups in total. The van der Waals surface area contributed by atoms with Gasteiger partial charge in [-0.25, -0.2) is 0 Å². The lowest BCUT2D eigenvalue weighted by Crippen LogP contribution is -2.64. The first-order chi connectivity index (χ1) is 41.0. The second kappa shape index (κ2) is 30.5. The Morgan fingerprint density at radius 2 is 1.36 bits per heavy atom. The smallest absolute Gasteiger partial charge is 0.446 e. The Hall–Kier alpha value is -7.33. The molecule has 6 rings (SSSR count). The maximum absolute atomic E-state index is 14.7. The lowest BCUT2D eigenvalue weighted by molar-refractivity contribution is -0.149. The monoisotopic (exact) mass is 1250 g/mol. The molecule has 0 aliphatic carbocycles. The van der Waals surface area contributed by atoms with Crippen LogP contribution in [0, 0.1) is 5.92 Å². The highest BCUT2D eigenvalue weighted by Crippen LogP contribution is 2.33. The normalized spacial score (nSPS) is 26.9. The number of aliphatic hydroxyl groups excluding tert-OH is 8. The number of benzene rings is 3. The summed E-state index contributed by atoms with van der Waals surface area (Å²) in [6.07, 6.45) is -11.1. The summed E-state index contributed by atoms with van der Waals surface area (Å²) in [6, 6.07) is -1.14. The van der Waals surface area contributed by atoms with Crippen LogP contribution in [0.4, 0.5) is 0 Å². The molecule has 3 heterocycles. The average molecular weight is 1250 g/mol. The molecule has 0 spiro atoms. The minimum atomic E-state index is -5.35. The molecule has 0 aromatic heterocycles. The first-order valence-electron chi connectivity index (χ1n) is 28.5. The number of nitrogens with one attached hydrogen (secondary N) is 5. The SMILES string of the molecule is CCCCCCCCCCOc1ccc2cc(C(=O)N[C@@H]3C[C@@H](O)[C@@H](O)NC(=O)[C@@H]4[C@@H](O)[C@@H](C)CN4C(=O)[C@H]([C@H](O)CC(N)=O)NC(=O)[C@H]([C@H](O)[C@@H](O)c4ccc(O)c(OS(=O)(=O)O)c4)NC(=O)[C@@H]4C[C@@H](O)CN4C(=O)C([C@@H](C)O)NC3=O)ccc2c1. The Labute approximate surface area is 500 Å². The van der Waals surface area contributed by atoms with E-state index in [2.05, 4.69) is 27.1 Å². The van der Waals surface area contributed by atoms with E-state index >= 15 is 0 Å². The molecule has 15 atom stereocenters. The van der Waals surface area contributed by atoms with Crippen molar-refractivity contribution in [2.24, 2.45) is 11.7 Å². The average Bonchev–Trinajstić information content (AvgIpc) is 2.43. The number of primary amides is 1. The Balaban J connectivity index is 1.36. The van der Waals surface area contributed by atoms with Gasteiger partial charge in [0.1, 0.15) is 60.3 Å². The maximum Gasteiger partial charge on any atom is 0.446 e. The van der Waals surface area contributed by atoms with Crippen LogP contribution >= 0.6 is 0 Å². The van der Waals surface area contributed by atoms with Gasteiger partial charge in [-0.15, -0.1) is 0 Å². The van der Waals surface area contributed by atoms with Crippen molar-refractivity contribution in [1.82, 2.24) is 36.4 Å². The molecule has 1 unspecified atom stereocenters. The molecule has 31 heteroatoms. The number of hydrogen-bond donors (Lipinski definition) is 16. The number of phenolic OH excluding ortho intramolecular Hbond substituents is 1. The fourth-order valence-electron chi connectivity index (χ4n) is 10.6. The van der Waals surface area contributed by atoms with Crippen molar-refractivity contribution in [1.29, 1.82) is 0 Å². The lowest BCUT2D eigenvalue weighted by Gasteiger charge is -2.34. The summed E-state index contributed by atoms with van der Waals surface area (Å²) >= 11 is 0. The van der Waals surface area contributed by atoms with E-state index in [0.717, 1.165) is 44.7 Å². The maximum atomic E-state index is 14.7. The van der Waals surface area contributed by atoms with Gasteiger partial charge in [0.25, 0.3) is 5.91 Å². The molecule has 480 valence electrons. The van der Waals surface area contributed by atoms with E-state index in [9.17, 15) is 97.3 Å². The third-order valence-corrected chi connectivity index (χ3v) is 15.8. The van der Waals surface area contributed by atoms with Gasteiger partial charge < -0.3 is 97.0 Å². The van der Waals surface area contributed by atoms with Crippen LogP contribution in [0.2, 0.25) is 0 Å². The molecule has 87 heavy (non-hydrogen) atoms. The first kappa shape index (κ1) is 68.8. The molecular formula is C56H78N8O22S. The predicted molar refractivity (Wildman–Crippen MR) is 303 cm³/mol. The molecule has 0 saturated carbocycles. The summed E-state index contributed by atoms with van der Waals surface area (Å²) in [5, 5.41) is 113. The molecule has 8 amide bonds. The number of phenols is 1. The van der Waals surface area contributed by atoms with E-state index in [1.807, 2.05) is 10.6 Å². The van der Waals surface area contributed by atoms with E-state index < -0.39 is 198 Å². The summed E-state index contributed by atoms with van der Waals surface area (Å²) in [5.41, 5.74) is 4.72. The van der Waals surface area contributed by atoms with Gasteiger partial charge in [0.2, 0.25) is 41.4 Å². The first-order valence-corrected chi connectivity index (χ1v) is 29.9. The van der Waals surface area contributed by atoms with Gasteiger partial charge in [-0.2, -0.15) is 8.42 Å². The molecule has 3 fully saturated rings. The zero-order valence-corrected chi connectivity index (χ0v) is 48.8. The van der Waals surface area contributed by atoms with Crippen LogP contribution in [0.5, 0.6) is 17.2 Å². The van der Waals surface area contributed by atoms with Crippen molar-refractivity contribution in [2.75, 3.05) is 19.7 Å². The standard InChI is InChI=1S/C56H78N8O22S/c1-4-5-6-7-8-9-10-11-18-85-34-16-14-29-19-32(13-12-30(29)20-34)49(74)58-35-23-39(69)52(77)62-54(79)45-46(71)27(2)25-64(45)56(81)43(38(68)24-41(57)70)60-53(78)44(48(73)47(72)31-15-17-37(67)40(21-31)86-87(82,83)84)61-51(76)36-22-33(66)26-63(36)55(80)42(28(3)65)59-50(35)75/h12-17,19-21,27-28,33,35-36,38-39,42-48,52,65-69,71-73,77H,4-11,18,22-26H2,1-3H3,(H2,57,70)(H,58,74)(H,59,75)(H,60,78)(H,61,76)(H,62,79)(H,82,83,84)/t27-,28+,33+,35+,36-,38+,39+,42?,43-,44-,45-,46-,47-,48-,52+/m0/s1. The van der Waals surface area contributed by atoms with Crippen molar-refractivity contribution in [3.8, 4) is 17.2 Å².